The van der Waals surface area contributed by atoms with Crippen LogP contribution in [0.15, 0.2) is 12.1 Å². The van der Waals surface area contributed by atoms with E-state index >= 15 is 0 Å². The van der Waals surface area contributed by atoms with E-state index in [9.17, 15) is 28.8 Å². The van der Waals surface area contributed by atoms with Crippen LogP contribution in [-0.4, -0.2) is 113 Å². The molecule has 2 rings (SSSR count). The summed E-state index contributed by atoms with van der Waals surface area (Å²) in [5.41, 5.74) is -1.89. The summed E-state index contributed by atoms with van der Waals surface area (Å²) in [6, 6.07) is 2.38. The average Bonchev–Trinajstić information content (AvgIpc) is 3.14. The zero-order chi connectivity index (χ0) is 42.2. The summed E-state index contributed by atoms with van der Waals surface area (Å²) in [4.78, 5) is 77.5. The maximum atomic E-state index is 14.6. The van der Waals surface area contributed by atoms with E-state index in [2.05, 4.69) is 26.1 Å². The molecular weight excluding hydrogens is 837 g/mol. The molecule has 1 aromatic rings. The fourth-order valence-corrected chi connectivity index (χ4v) is 24.2. The number of esters is 5. The molecule has 1 amide bonds. The third-order valence-corrected chi connectivity index (χ3v) is 25.7. The van der Waals surface area contributed by atoms with Crippen LogP contribution in [0.25, 0.3) is 0 Å². The van der Waals surface area contributed by atoms with Crippen molar-refractivity contribution in [2.45, 2.75) is 150 Å². The zero-order valence-electron chi connectivity index (χ0n) is 35.0. The van der Waals surface area contributed by atoms with Gasteiger partial charge in [-0.25, -0.2) is 0 Å². The molecule has 316 valence electrons. The second-order valence-corrected chi connectivity index (χ2v) is 27.5. The second kappa shape index (κ2) is 23.0. The molecule has 1 saturated heterocycles. The standard InChI is InChI=1S/C28H36NO14.3C4H9.Sn/c1-14(30)29-24-22(40-16(3)32)12-28(27(35)38-8,20-10-9-19(36-6)11-21(20)37-7)43-26(24)25(42-18(5)34)23(41-17(4)33)13-39-15(2)31;3*1-3-4-2;/h10-11,22-26H,12-13H2,1-8H3,(H,29,30);3*1,3-4H2,2H3;/t22-,23+,24+,25+,26+,28-;;;;/m0..../s1. The van der Waals surface area contributed by atoms with Crippen molar-refractivity contribution >= 4 is 57.7 Å². The first-order chi connectivity index (χ1) is 26.5. The van der Waals surface area contributed by atoms with Gasteiger partial charge in [0.25, 0.3) is 0 Å². The molecule has 1 aliphatic rings. The molecule has 0 aromatic heterocycles. The molecule has 0 radical (unpaired) electrons. The predicted octanol–water partition coefficient (Wildman–Crippen LogP) is 4.78. The minimum atomic E-state index is -3.45. The molecule has 0 saturated carbocycles. The summed E-state index contributed by atoms with van der Waals surface area (Å²) in [5.74, 6) is -3.80. The van der Waals surface area contributed by atoms with Gasteiger partial charge in [0.2, 0.25) is 0 Å². The number of rotatable bonds is 22. The van der Waals surface area contributed by atoms with Crippen molar-refractivity contribution in [1.82, 2.24) is 5.32 Å². The first-order valence-corrected chi connectivity index (χ1v) is 26.9. The van der Waals surface area contributed by atoms with Crippen LogP contribution in [-0.2, 0) is 62.8 Å². The summed E-state index contributed by atoms with van der Waals surface area (Å²) in [5, 5.41) is 2.74. The third-order valence-electron chi connectivity index (χ3n) is 10.1. The Balaban J connectivity index is 3.22. The molecule has 15 nitrogen and oxygen atoms in total. The van der Waals surface area contributed by atoms with Crippen molar-refractivity contribution in [1.29, 1.82) is 0 Å². The van der Waals surface area contributed by atoms with Crippen molar-refractivity contribution in [3.8, 4) is 11.5 Å². The molecule has 0 bridgehead atoms. The van der Waals surface area contributed by atoms with Crippen LogP contribution in [0.4, 0.5) is 0 Å². The predicted molar refractivity (Wildman–Crippen MR) is 208 cm³/mol. The van der Waals surface area contributed by atoms with Gasteiger partial charge in [0.05, 0.1) is 0 Å². The van der Waals surface area contributed by atoms with Gasteiger partial charge in [-0.15, -0.1) is 0 Å². The minimum absolute atomic E-state index is 0.205. The number of hydrogen-bond donors (Lipinski definition) is 1. The Morgan fingerprint density at radius 2 is 1.34 bits per heavy atom. The van der Waals surface area contributed by atoms with Crippen LogP contribution in [0.1, 0.15) is 106 Å². The first kappa shape index (κ1) is 48.5. The van der Waals surface area contributed by atoms with Gasteiger partial charge < -0.3 is 0 Å². The molecule has 56 heavy (non-hydrogen) atoms. The van der Waals surface area contributed by atoms with Crippen LogP contribution in [0.5, 0.6) is 11.5 Å². The molecule has 16 heteroatoms. The number of carbonyl (C=O) groups is 6. The number of unbranched alkanes of at least 4 members (excludes halogenated alkanes) is 3. The van der Waals surface area contributed by atoms with Gasteiger partial charge in [0, 0.05) is 0 Å². The molecule has 0 unspecified atom stereocenters. The Labute approximate surface area is 335 Å². The number of benzene rings is 1. The van der Waals surface area contributed by atoms with E-state index in [0.29, 0.717) is 5.75 Å². The molecule has 1 fully saturated rings. The number of methoxy groups -OCH3 is 3. The molecule has 0 aliphatic carbocycles. The Morgan fingerprint density at radius 3 is 1.77 bits per heavy atom. The topological polar surface area (TPSA) is 188 Å². The van der Waals surface area contributed by atoms with E-state index in [1.165, 1.54) is 28.1 Å². The average molecular weight is 901 g/mol. The van der Waals surface area contributed by atoms with Gasteiger partial charge in [-0.1, -0.05) is 0 Å². The van der Waals surface area contributed by atoms with E-state index < -0.39 is 96.8 Å². The Kier molecular flexibility index (Phi) is 19.9. The Morgan fingerprint density at radius 1 is 0.786 bits per heavy atom. The van der Waals surface area contributed by atoms with Crippen LogP contribution < -0.4 is 18.4 Å². The van der Waals surface area contributed by atoms with Crippen molar-refractivity contribution in [3.63, 3.8) is 0 Å². The van der Waals surface area contributed by atoms with E-state index in [-0.39, 0.29) is 17.7 Å². The van der Waals surface area contributed by atoms with Crippen LogP contribution >= 0.6 is 0 Å². The van der Waals surface area contributed by atoms with Crippen LogP contribution in [0.2, 0.25) is 13.3 Å². The van der Waals surface area contributed by atoms with Gasteiger partial charge in [-0.05, 0) is 0 Å². The Bertz CT molecular complexity index is 1500. The fraction of sp³-hybridized carbons (Fsp3) is 0.700. The number of carbonyl (C=O) groups excluding carboxylic acids is 6. The summed E-state index contributed by atoms with van der Waals surface area (Å²) >= 11 is -3.45. The van der Waals surface area contributed by atoms with Gasteiger partial charge >= 0.3 is 337 Å². The molecule has 0 spiro atoms. The molecule has 1 aromatic carbocycles. The van der Waals surface area contributed by atoms with E-state index in [4.69, 9.17) is 37.9 Å². The van der Waals surface area contributed by atoms with E-state index in [1.54, 1.807) is 13.2 Å². The van der Waals surface area contributed by atoms with Gasteiger partial charge in [-0.2, -0.15) is 0 Å². The molecular formula is C40H63NO14Sn. The fourth-order valence-electron chi connectivity index (χ4n) is 7.67. The van der Waals surface area contributed by atoms with E-state index in [1.807, 2.05) is 6.07 Å². The van der Waals surface area contributed by atoms with E-state index in [0.717, 1.165) is 76.2 Å². The van der Waals surface area contributed by atoms with Gasteiger partial charge in [-0.3, -0.25) is 0 Å². The maximum absolute atomic E-state index is 14.6. The number of hydrogen-bond acceptors (Lipinski definition) is 14. The number of nitrogens with one attached hydrogen (secondary N) is 1. The van der Waals surface area contributed by atoms with Crippen molar-refractivity contribution in [2.24, 2.45) is 0 Å². The molecule has 1 aliphatic heterocycles. The normalized spacial score (nSPS) is 20.4. The second-order valence-electron chi connectivity index (χ2n) is 14.3. The SMILES string of the molecule is CCC[CH2][Sn]([CH2]CCC)([CH2]CCC)[c]1cc([C@]2(C(=O)OC)C[C@H](OC(C)=O)[C@@H](NC(C)=O)[C@H]([C@H](OC(C)=O)[C@@H](COC(C)=O)OC(C)=O)O2)c(OC)cc1OC. The molecule has 1 heterocycles. The van der Waals surface area contributed by atoms with Crippen LogP contribution in [0.3, 0.4) is 0 Å². The third kappa shape index (κ3) is 12.7. The van der Waals surface area contributed by atoms with Crippen molar-refractivity contribution in [2.75, 3.05) is 27.9 Å². The summed E-state index contributed by atoms with van der Waals surface area (Å²) in [6.07, 6.45) is -0.376. The summed E-state index contributed by atoms with van der Waals surface area (Å²) in [6.45, 7) is 11.7. The van der Waals surface area contributed by atoms with Gasteiger partial charge in [0.1, 0.15) is 0 Å². The molecule has 1 N–H and O–H groups in total. The zero-order valence-corrected chi connectivity index (χ0v) is 37.9. The van der Waals surface area contributed by atoms with Crippen molar-refractivity contribution < 1.29 is 66.7 Å². The van der Waals surface area contributed by atoms with Crippen LogP contribution in [0, 0.1) is 0 Å². The Hall–Kier alpha value is -3.60. The van der Waals surface area contributed by atoms with Gasteiger partial charge in [0.15, 0.2) is 0 Å². The number of ether oxygens (including phenoxy) is 8. The quantitative estimate of drug-likeness (QED) is 0.0952. The molecule has 6 atom stereocenters. The first-order valence-electron chi connectivity index (χ1n) is 19.4. The monoisotopic (exact) mass is 901 g/mol. The summed E-state index contributed by atoms with van der Waals surface area (Å²) < 4.78 is 51.0. The summed E-state index contributed by atoms with van der Waals surface area (Å²) in [7, 11) is 4.22. The number of amides is 1. The van der Waals surface area contributed by atoms with Crippen molar-refractivity contribution in [3.05, 3.63) is 17.7 Å².